The number of carbonyl (C=O) groups is 1. The van der Waals surface area contributed by atoms with E-state index >= 15 is 0 Å². The molecular weight excluding hydrogens is 168 g/mol. The van der Waals surface area contributed by atoms with E-state index < -0.39 is 17.6 Å². The number of aliphatic hydroxyl groups excluding tert-OH is 1. The van der Waals surface area contributed by atoms with Crippen LogP contribution in [0.4, 0.5) is 0 Å². The standard InChI is InChI=1S/C9H16N2O2/c10-7(13)6(12)9(11)4-8(5-9)2-1-3-8/h6,12H,1-5,11H2,(H2,10,13). The molecular formula is C9H16N2O2. The van der Waals surface area contributed by atoms with E-state index in [-0.39, 0.29) is 0 Å². The van der Waals surface area contributed by atoms with Crippen molar-refractivity contribution < 1.29 is 9.90 Å². The van der Waals surface area contributed by atoms with E-state index in [1.807, 2.05) is 0 Å². The summed E-state index contributed by atoms with van der Waals surface area (Å²) in [6.07, 6.45) is 3.98. The van der Waals surface area contributed by atoms with Crippen LogP contribution in [0.1, 0.15) is 32.1 Å². The van der Waals surface area contributed by atoms with Crippen LogP contribution in [0.15, 0.2) is 0 Å². The second-order valence-electron chi connectivity index (χ2n) is 4.75. The highest BCUT2D eigenvalue weighted by atomic mass is 16.3. The molecule has 0 aromatic heterocycles. The Morgan fingerprint density at radius 3 is 2.23 bits per heavy atom. The zero-order valence-corrected chi connectivity index (χ0v) is 7.62. The topological polar surface area (TPSA) is 89.3 Å². The molecule has 13 heavy (non-hydrogen) atoms. The van der Waals surface area contributed by atoms with E-state index in [0.29, 0.717) is 5.41 Å². The molecule has 2 aliphatic rings. The third-order valence-electron chi connectivity index (χ3n) is 3.64. The summed E-state index contributed by atoms with van der Waals surface area (Å²) in [7, 11) is 0. The van der Waals surface area contributed by atoms with Crippen molar-refractivity contribution in [2.75, 3.05) is 0 Å². The van der Waals surface area contributed by atoms with E-state index in [9.17, 15) is 9.90 Å². The lowest BCUT2D eigenvalue weighted by molar-refractivity contribution is -0.143. The normalized spacial score (nSPS) is 30.3. The molecule has 0 heterocycles. The smallest absolute Gasteiger partial charge is 0.248 e. The first-order valence-electron chi connectivity index (χ1n) is 4.74. The summed E-state index contributed by atoms with van der Waals surface area (Å²) in [4.78, 5) is 10.7. The molecule has 1 unspecified atom stereocenters. The van der Waals surface area contributed by atoms with Crippen molar-refractivity contribution in [3.8, 4) is 0 Å². The number of hydrogen-bond acceptors (Lipinski definition) is 3. The zero-order chi connectivity index (χ0) is 9.69. The Morgan fingerprint density at radius 2 is 1.92 bits per heavy atom. The monoisotopic (exact) mass is 184 g/mol. The lowest BCUT2D eigenvalue weighted by atomic mass is 9.47. The number of rotatable bonds is 2. The molecule has 4 heteroatoms. The highest BCUT2D eigenvalue weighted by molar-refractivity contribution is 5.80. The highest BCUT2D eigenvalue weighted by Gasteiger charge is 2.59. The molecule has 1 spiro atoms. The summed E-state index contributed by atoms with van der Waals surface area (Å²) in [5.41, 5.74) is 10.5. The molecule has 0 aliphatic heterocycles. The van der Waals surface area contributed by atoms with Crippen LogP contribution < -0.4 is 11.5 Å². The van der Waals surface area contributed by atoms with E-state index in [2.05, 4.69) is 0 Å². The van der Waals surface area contributed by atoms with Crippen LogP contribution in [0, 0.1) is 5.41 Å². The summed E-state index contributed by atoms with van der Waals surface area (Å²) in [5.74, 6) is -0.698. The van der Waals surface area contributed by atoms with Crippen molar-refractivity contribution in [3.63, 3.8) is 0 Å². The first-order valence-corrected chi connectivity index (χ1v) is 4.74. The van der Waals surface area contributed by atoms with Gasteiger partial charge in [-0.1, -0.05) is 6.42 Å². The molecule has 2 fully saturated rings. The van der Waals surface area contributed by atoms with Crippen LogP contribution in [0.3, 0.4) is 0 Å². The van der Waals surface area contributed by atoms with Crippen molar-refractivity contribution >= 4 is 5.91 Å². The van der Waals surface area contributed by atoms with Gasteiger partial charge in [-0.15, -0.1) is 0 Å². The molecule has 4 nitrogen and oxygen atoms in total. The van der Waals surface area contributed by atoms with Crippen LogP contribution >= 0.6 is 0 Å². The van der Waals surface area contributed by atoms with Gasteiger partial charge in [-0.05, 0) is 31.1 Å². The van der Waals surface area contributed by atoms with Crippen molar-refractivity contribution in [2.24, 2.45) is 16.9 Å². The van der Waals surface area contributed by atoms with Gasteiger partial charge in [0.2, 0.25) is 5.91 Å². The Bertz CT molecular complexity index is 240. The third kappa shape index (κ3) is 1.16. The average Bonchev–Trinajstić information content (AvgIpc) is 1.93. The van der Waals surface area contributed by atoms with Crippen LogP contribution in [-0.2, 0) is 4.79 Å². The Kier molecular flexibility index (Phi) is 1.69. The van der Waals surface area contributed by atoms with Crippen LogP contribution in [0.5, 0.6) is 0 Å². The van der Waals surface area contributed by atoms with Crippen molar-refractivity contribution in [2.45, 2.75) is 43.7 Å². The maximum absolute atomic E-state index is 10.7. The molecule has 2 aliphatic carbocycles. The second kappa shape index (κ2) is 2.45. The molecule has 0 aromatic carbocycles. The van der Waals surface area contributed by atoms with E-state index in [1.54, 1.807) is 0 Å². The number of hydrogen-bond donors (Lipinski definition) is 3. The summed E-state index contributed by atoms with van der Waals surface area (Å²) >= 11 is 0. The fraction of sp³-hybridized carbons (Fsp3) is 0.889. The van der Waals surface area contributed by atoms with Gasteiger partial charge in [0.05, 0.1) is 5.54 Å². The predicted molar refractivity (Wildman–Crippen MR) is 47.6 cm³/mol. The quantitative estimate of drug-likeness (QED) is 0.540. The first kappa shape index (κ1) is 8.97. The Hall–Kier alpha value is -0.610. The summed E-state index contributed by atoms with van der Waals surface area (Å²) < 4.78 is 0. The lowest BCUT2D eigenvalue weighted by Gasteiger charge is -2.60. The largest absolute Gasteiger partial charge is 0.381 e. The summed E-state index contributed by atoms with van der Waals surface area (Å²) in [6, 6.07) is 0. The van der Waals surface area contributed by atoms with E-state index in [4.69, 9.17) is 11.5 Å². The molecule has 0 saturated heterocycles. The van der Waals surface area contributed by atoms with E-state index in [1.165, 1.54) is 19.3 Å². The van der Waals surface area contributed by atoms with E-state index in [0.717, 1.165) is 12.8 Å². The molecule has 5 N–H and O–H groups in total. The van der Waals surface area contributed by atoms with Gasteiger partial charge in [0.1, 0.15) is 6.10 Å². The molecule has 0 aromatic rings. The maximum Gasteiger partial charge on any atom is 0.248 e. The van der Waals surface area contributed by atoms with Gasteiger partial charge in [0, 0.05) is 0 Å². The molecule has 0 bridgehead atoms. The molecule has 2 rings (SSSR count). The van der Waals surface area contributed by atoms with Crippen LogP contribution in [0.2, 0.25) is 0 Å². The minimum atomic E-state index is -1.17. The van der Waals surface area contributed by atoms with Gasteiger partial charge < -0.3 is 16.6 Å². The number of primary amides is 1. The Labute approximate surface area is 77.3 Å². The second-order valence-corrected chi connectivity index (χ2v) is 4.75. The van der Waals surface area contributed by atoms with Crippen molar-refractivity contribution in [1.82, 2.24) is 0 Å². The zero-order valence-electron chi connectivity index (χ0n) is 7.62. The fourth-order valence-electron chi connectivity index (χ4n) is 2.85. The lowest BCUT2D eigenvalue weighted by Crippen LogP contribution is -2.68. The Morgan fingerprint density at radius 1 is 1.38 bits per heavy atom. The average molecular weight is 184 g/mol. The first-order chi connectivity index (χ1) is 5.98. The molecule has 0 radical (unpaired) electrons. The Balaban J connectivity index is 1.98. The van der Waals surface area contributed by atoms with Gasteiger partial charge in [-0.2, -0.15) is 0 Å². The minimum absolute atomic E-state index is 0.352. The van der Waals surface area contributed by atoms with Crippen molar-refractivity contribution in [1.29, 1.82) is 0 Å². The number of carbonyl (C=O) groups excluding carboxylic acids is 1. The van der Waals surface area contributed by atoms with Crippen LogP contribution in [0.25, 0.3) is 0 Å². The van der Waals surface area contributed by atoms with Crippen LogP contribution in [-0.4, -0.2) is 22.7 Å². The summed E-state index contributed by atoms with van der Waals surface area (Å²) in [5, 5.41) is 9.46. The predicted octanol–water partition coefficient (Wildman–Crippen LogP) is -0.506. The fourth-order valence-corrected chi connectivity index (χ4v) is 2.85. The van der Waals surface area contributed by atoms with Crippen molar-refractivity contribution in [3.05, 3.63) is 0 Å². The molecule has 74 valence electrons. The van der Waals surface area contributed by atoms with Gasteiger partial charge in [-0.3, -0.25) is 4.79 Å². The number of aliphatic hydroxyl groups is 1. The summed E-state index contributed by atoms with van der Waals surface area (Å²) in [6.45, 7) is 0. The molecule has 1 atom stereocenters. The van der Waals surface area contributed by atoms with Gasteiger partial charge >= 0.3 is 0 Å². The number of amides is 1. The SMILES string of the molecule is NC(=O)C(O)C1(N)CC2(CCC2)C1. The number of nitrogens with two attached hydrogens (primary N) is 2. The van der Waals surface area contributed by atoms with Gasteiger partial charge in [-0.25, -0.2) is 0 Å². The molecule has 1 amide bonds. The maximum atomic E-state index is 10.7. The minimum Gasteiger partial charge on any atom is -0.381 e. The highest BCUT2D eigenvalue weighted by Crippen LogP contribution is 2.60. The third-order valence-corrected chi connectivity index (χ3v) is 3.64. The molecule has 2 saturated carbocycles. The van der Waals surface area contributed by atoms with Gasteiger partial charge in [0.25, 0.3) is 0 Å². The van der Waals surface area contributed by atoms with Gasteiger partial charge in [0.15, 0.2) is 0 Å².